The van der Waals surface area contributed by atoms with Crippen molar-refractivity contribution in [3.8, 4) is 11.3 Å². The highest BCUT2D eigenvalue weighted by molar-refractivity contribution is 6.04. The van der Waals surface area contributed by atoms with E-state index < -0.39 is 23.1 Å². The monoisotopic (exact) mass is 382 g/mol. The number of hydrogen-bond donors (Lipinski definition) is 1. The first-order chi connectivity index (χ1) is 13.4. The van der Waals surface area contributed by atoms with Crippen LogP contribution in [0.1, 0.15) is 21.5 Å². The molecule has 3 rings (SSSR count). The predicted molar refractivity (Wildman–Crippen MR) is 98.5 cm³/mol. The Morgan fingerprint density at radius 1 is 1.00 bits per heavy atom. The number of rotatable bonds is 3. The predicted octanol–water partition coefficient (Wildman–Crippen LogP) is 4.31. The van der Waals surface area contributed by atoms with Gasteiger partial charge < -0.3 is 5.32 Å². The number of hydrogen-bond acceptors (Lipinski definition) is 4. The highest BCUT2D eigenvalue weighted by Gasteiger charge is 2.17. The molecule has 0 aliphatic carbocycles. The lowest BCUT2D eigenvalue weighted by Gasteiger charge is -2.09. The molecule has 0 saturated carbocycles. The molecule has 1 heterocycles. The maximum Gasteiger partial charge on any atom is 0.373 e. The number of carbonyl (C=O) groups is 1. The average molecular weight is 382 g/mol. The fourth-order valence-electron chi connectivity index (χ4n) is 2.55. The molecule has 2 aromatic carbocycles. The second kappa shape index (κ2) is 9.30. The first kappa shape index (κ1) is 20.6. The summed E-state index contributed by atoms with van der Waals surface area (Å²) in [5.74, 6) is -2.66. The van der Waals surface area contributed by atoms with Crippen LogP contribution in [0, 0.1) is 25.5 Å². The van der Waals surface area contributed by atoms with Crippen molar-refractivity contribution < 1.29 is 23.2 Å². The van der Waals surface area contributed by atoms with E-state index >= 15 is 0 Å². The molecule has 3 aromatic rings. The van der Waals surface area contributed by atoms with Gasteiger partial charge in [0, 0.05) is 5.56 Å². The van der Waals surface area contributed by atoms with Gasteiger partial charge in [-0.1, -0.05) is 23.8 Å². The minimum atomic E-state index is -0.905. The lowest BCUT2D eigenvalue weighted by atomic mass is 10.0. The van der Waals surface area contributed by atoms with Crippen LogP contribution in [0.4, 0.5) is 14.5 Å². The summed E-state index contributed by atoms with van der Waals surface area (Å²) in [5.41, 5.74) is 3.72. The zero-order chi connectivity index (χ0) is 20.7. The average Bonchev–Trinajstić information content (AvgIpc) is 2.65. The van der Waals surface area contributed by atoms with Crippen molar-refractivity contribution in [2.75, 3.05) is 5.32 Å². The smallest absolute Gasteiger partial charge is 0.320 e. The summed E-state index contributed by atoms with van der Waals surface area (Å²) in [6.45, 7) is 3.99. The summed E-state index contributed by atoms with van der Waals surface area (Å²) in [6, 6.07) is 12.8. The Morgan fingerprint density at radius 2 is 1.64 bits per heavy atom. The molecule has 1 amide bonds. The van der Waals surface area contributed by atoms with Gasteiger partial charge in [-0.3, -0.25) is 9.78 Å². The Kier molecular flexibility index (Phi) is 6.84. The van der Waals surface area contributed by atoms with Crippen LogP contribution in [0.3, 0.4) is 0 Å². The van der Waals surface area contributed by atoms with Crippen molar-refractivity contribution in [1.82, 2.24) is 4.98 Å². The molecule has 0 fully saturated rings. The van der Waals surface area contributed by atoms with Crippen molar-refractivity contribution in [2.45, 2.75) is 13.8 Å². The van der Waals surface area contributed by atoms with E-state index in [1.54, 1.807) is 12.1 Å². The molecule has 1 aromatic heterocycles. The Balaban J connectivity index is 0.000000878. The van der Waals surface area contributed by atoms with Crippen molar-refractivity contribution in [3.63, 3.8) is 0 Å². The van der Waals surface area contributed by atoms with Gasteiger partial charge in [-0.2, -0.15) is 9.59 Å². The molecule has 0 bridgehead atoms. The maximum absolute atomic E-state index is 13.7. The highest BCUT2D eigenvalue weighted by atomic mass is 19.1. The quantitative estimate of drug-likeness (QED) is 0.732. The second-order valence-electron chi connectivity index (χ2n) is 5.88. The fraction of sp³-hybridized carbons (Fsp3) is 0.0952. The Labute approximate surface area is 160 Å². The molecule has 142 valence electrons. The summed E-state index contributed by atoms with van der Waals surface area (Å²) in [5, 5.41) is 2.46. The van der Waals surface area contributed by atoms with E-state index in [9.17, 15) is 13.6 Å². The molecule has 0 saturated heterocycles. The molecular formula is C21H16F2N2O3. The van der Waals surface area contributed by atoms with Gasteiger partial charge in [0.2, 0.25) is 0 Å². The molecule has 0 radical (unpaired) electrons. The van der Waals surface area contributed by atoms with Gasteiger partial charge in [0.25, 0.3) is 5.91 Å². The normalized spacial score (nSPS) is 9.71. The number of halogens is 2. The molecule has 28 heavy (non-hydrogen) atoms. The molecule has 0 aliphatic heterocycles. The minimum Gasteiger partial charge on any atom is -0.320 e. The van der Waals surface area contributed by atoms with Crippen molar-refractivity contribution in [2.24, 2.45) is 0 Å². The van der Waals surface area contributed by atoms with Gasteiger partial charge >= 0.3 is 6.15 Å². The molecule has 7 heteroatoms. The van der Waals surface area contributed by atoms with Crippen molar-refractivity contribution in [3.05, 3.63) is 83.1 Å². The number of nitrogens with zero attached hydrogens (tertiary/aromatic N) is 1. The fourth-order valence-corrected chi connectivity index (χ4v) is 2.55. The summed E-state index contributed by atoms with van der Waals surface area (Å²) in [4.78, 5) is 32.7. The van der Waals surface area contributed by atoms with Gasteiger partial charge in [-0.05, 0) is 49.7 Å². The Hall–Kier alpha value is -3.70. The largest absolute Gasteiger partial charge is 0.373 e. The summed E-state index contributed by atoms with van der Waals surface area (Å²) in [6.07, 6.45) is 1.72. The van der Waals surface area contributed by atoms with E-state index in [0.717, 1.165) is 34.5 Å². The zero-order valence-electron chi connectivity index (χ0n) is 15.1. The van der Waals surface area contributed by atoms with Crippen LogP contribution in [-0.4, -0.2) is 17.0 Å². The van der Waals surface area contributed by atoms with Crippen LogP contribution in [0.25, 0.3) is 11.3 Å². The first-order valence-corrected chi connectivity index (χ1v) is 8.15. The molecule has 0 aliphatic rings. The summed E-state index contributed by atoms with van der Waals surface area (Å²) < 4.78 is 27.3. The van der Waals surface area contributed by atoms with Crippen LogP contribution >= 0.6 is 0 Å². The van der Waals surface area contributed by atoms with Crippen LogP contribution in [0.5, 0.6) is 0 Å². The number of anilines is 1. The number of carbonyl (C=O) groups excluding carboxylic acids is 3. The van der Waals surface area contributed by atoms with E-state index in [2.05, 4.69) is 10.3 Å². The Morgan fingerprint density at radius 3 is 2.21 bits per heavy atom. The van der Waals surface area contributed by atoms with Gasteiger partial charge in [-0.25, -0.2) is 8.78 Å². The Bertz CT molecular complexity index is 1010. The molecule has 0 spiro atoms. The molecular weight excluding hydrogens is 366 g/mol. The third-order valence-corrected chi connectivity index (χ3v) is 3.88. The maximum atomic E-state index is 13.7. The SMILES string of the molecule is Cc1ccc(C)c(-c2ccc(NC(=O)c3c(F)cccc3F)cn2)c1.O=C=O. The lowest BCUT2D eigenvalue weighted by Crippen LogP contribution is -2.15. The van der Waals surface area contributed by atoms with Crippen molar-refractivity contribution in [1.29, 1.82) is 0 Å². The zero-order valence-corrected chi connectivity index (χ0v) is 15.1. The van der Waals surface area contributed by atoms with Crippen LogP contribution in [0.15, 0.2) is 54.7 Å². The van der Waals surface area contributed by atoms with E-state index in [1.165, 1.54) is 12.3 Å². The number of aromatic nitrogens is 1. The standard InChI is InChI=1S/C20H16F2N2O.CO2/c1-12-6-7-13(2)15(10-12)18-9-8-14(11-23-18)24-20(25)19-16(21)4-3-5-17(19)22;2-1-3/h3-11H,1-2H3,(H,24,25);. The lowest BCUT2D eigenvalue weighted by molar-refractivity contribution is -0.191. The summed E-state index contributed by atoms with van der Waals surface area (Å²) >= 11 is 0. The molecule has 1 N–H and O–H groups in total. The third-order valence-electron chi connectivity index (χ3n) is 3.88. The first-order valence-electron chi connectivity index (χ1n) is 8.15. The minimum absolute atomic E-state index is 0.250. The number of nitrogens with one attached hydrogen (secondary N) is 1. The number of pyridine rings is 1. The molecule has 0 unspecified atom stereocenters. The second-order valence-corrected chi connectivity index (χ2v) is 5.88. The van der Waals surface area contributed by atoms with E-state index in [4.69, 9.17) is 9.59 Å². The van der Waals surface area contributed by atoms with E-state index in [-0.39, 0.29) is 6.15 Å². The highest BCUT2D eigenvalue weighted by Crippen LogP contribution is 2.24. The number of benzene rings is 2. The topological polar surface area (TPSA) is 76.1 Å². The van der Waals surface area contributed by atoms with Gasteiger partial charge in [0.1, 0.15) is 17.2 Å². The van der Waals surface area contributed by atoms with E-state index in [1.807, 2.05) is 32.0 Å². The van der Waals surface area contributed by atoms with Crippen LogP contribution < -0.4 is 5.32 Å². The molecule has 5 nitrogen and oxygen atoms in total. The van der Waals surface area contributed by atoms with Crippen LogP contribution in [-0.2, 0) is 9.59 Å². The number of amides is 1. The van der Waals surface area contributed by atoms with Gasteiger partial charge in [-0.15, -0.1) is 0 Å². The number of aryl methyl sites for hydroxylation is 2. The van der Waals surface area contributed by atoms with Crippen molar-refractivity contribution >= 4 is 17.7 Å². The van der Waals surface area contributed by atoms with E-state index in [0.29, 0.717) is 5.69 Å². The summed E-state index contributed by atoms with van der Waals surface area (Å²) in [7, 11) is 0. The van der Waals surface area contributed by atoms with Gasteiger partial charge in [0.15, 0.2) is 0 Å². The molecule has 0 atom stereocenters. The third kappa shape index (κ3) is 4.93. The van der Waals surface area contributed by atoms with Gasteiger partial charge in [0.05, 0.1) is 17.6 Å². The van der Waals surface area contributed by atoms with Crippen LogP contribution in [0.2, 0.25) is 0 Å².